The number of allylic oxidation sites excluding steroid dienone is 1. The molecule has 1 aromatic heterocycles. The van der Waals surface area contributed by atoms with Crippen LogP contribution >= 0.6 is 11.3 Å². The van der Waals surface area contributed by atoms with Gasteiger partial charge in [-0.2, -0.15) is 0 Å². The van der Waals surface area contributed by atoms with Crippen LogP contribution in [-0.2, 0) is 4.79 Å². The second kappa shape index (κ2) is 9.51. The Balaban J connectivity index is 1.81. The number of carboxylic acids is 1. The van der Waals surface area contributed by atoms with Crippen LogP contribution < -0.4 is 4.74 Å². The van der Waals surface area contributed by atoms with E-state index in [0.29, 0.717) is 18.9 Å². The number of carbonyl (C=O) groups is 1. The molecule has 0 radical (unpaired) electrons. The van der Waals surface area contributed by atoms with Crippen molar-refractivity contribution < 1.29 is 14.6 Å². The van der Waals surface area contributed by atoms with Gasteiger partial charge < -0.3 is 9.84 Å². The number of nitrogens with zero attached hydrogens (tertiary/aromatic N) is 1. The number of thiazole rings is 1. The molecule has 2 aromatic carbocycles. The first-order valence-corrected chi connectivity index (χ1v) is 10.3. The molecule has 1 N–H and O–H groups in total. The number of hydrogen-bond donors (Lipinski definition) is 1. The molecule has 1 heterocycles. The zero-order valence-electron chi connectivity index (χ0n) is 16.2. The monoisotopic (exact) mass is 395 g/mol. The van der Waals surface area contributed by atoms with E-state index in [1.54, 1.807) is 11.3 Å². The summed E-state index contributed by atoms with van der Waals surface area (Å²) in [5.74, 6) is 0.665. The summed E-state index contributed by atoms with van der Waals surface area (Å²) in [6.07, 6.45) is 3.58. The molecule has 0 saturated heterocycles. The molecule has 0 fully saturated rings. The molecule has 0 saturated carbocycles. The van der Waals surface area contributed by atoms with Crippen molar-refractivity contribution >= 4 is 39.2 Å². The molecule has 0 spiro atoms. The van der Waals surface area contributed by atoms with Gasteiger partial charge in [0.1, 0.15) is 10.8 Å². The zero-order chi connectivity index (χ0) is 19.9. The molecule has 3 aromatic rings. The standard InChI is InChI=1S/C23H25NO3S/c1-16(2)13-14-27-19-10-7-17(8-11-19)15-18(9-12-22(25)26)23-24-20-5-3-4-6-21(20)28-23/h3-8,10-11,15-16H,9,12-14H2,1-2H3,(H,25,26)/b18-15-. The minimum Gasteiger partial charge on any atom is -0.494 e. The number of carboxylic acid groups (broad SMARTS) is 1. The number of para-hydroxylation sites is 1. The van der Waals surface area contributed by atoms with Crippen molar-refractivity contribution in [2.75, 3.05) is 6.61 Å². The first-order chi connectivity index (χ1) is 13.5. The number of rotatable bonds is 9. The van der Waals surface area contributed by atoms with E-state index in [1.165, 1.54) is 0 Å². The maximum Gasteiger partial charge on any atom is 0.303 e. The van der Waals surface area contributed by atoms with E-state index in [2.05, 4.69) is 13.8 Å². The molecule has 4 nitrogen and oxygen atoms in total. The topological polar surface area (TPSA) is 59.4 Å². The molecular formula is C23H25NO3S. The fraction of sp³-hybridized carbons (Fsp3) is 0.304. The van der Waals surface area contributed by atoms with Crippen LogP contribution in [0.5, 0.6) is 5.75 Å². The number of benzene rings is 2. The van der Waals surface area contributed by atoms with Gasteiger partial charge in [0.15, 0.2) is 0 Å². The van der Waals surface area contributed by atoms with Crippen molar-refractivity contribution in [3.63, 3.8) is 0 Å². The van der Waals surface area contributed by atoms with Gasteiger partial charge in [0, 0.05) is 6.42 Å². The third kappa shape index (κ3) is 5.67. The molecule has 0 aliphatic rings. The SMILES string of the molecule is CC(C)CCOc1ccc(/C=C(/CCC(=O)O)c2nc3ccccc3s2)cc1. The van der Waals surface area contributed by atoms with Crippen LogP contribution in [0.1, 0.15) is 43.7 Å². The second-order valence-corrected chi connectivity index (χ2v) is 8.18. The van der Waals surface area contributed by atoms with Crippen LogP contribution in [0.4, 0.5) is 0 Å². The van der Waals surface area contributed by atoms with E-state index < -0.39 is 5.97 Å². The molecule has 146 valence electrons. The Morgan fingerprint density at radius 1 is 1.14 bits per heavy atom. The average molecular weight is 396 g/mol. The van der Waals surface area contributed by atoms with Crippen LogP contribution in [0, 0.1) is 5.92 Å². The van der Waals surface area contributed by atoms with Crippen molar-refractivity contribution in [2.24, 2.45) is 5.92 Å². The second-order valence-electron chi connectivity index (χ2n) is 7.15. The summed E-state index contributed by atoms with van der Waals surface area (Å²) in [5, 5.41) is 9.99. The number of ether oxygens (including phenoxy) is 1. The van der Waals surface area contributed by atoms with E-state index in [4.69, 9.17) is 14.8 Å². The van der Waals surface area contributed by atoms with Crippen LogP contribution in [0.15, 0.2) is 48.5 Å². The summed E-state index contributed by atoms with van der Waals surface area (Å²) in [4.78, 5) is 15.8. The fourth-order valence-corrected chi connectivity index (χ4v) is 3.78. The lowest BCUT2D eigenvalue weighted by Crippen LogP contribution is -2.01. The minimum atomic E-state index is -0.805. The third-order valence-corrected chi connectivity index (χ3v) is 5.47. The Morgan fingerprint density at radius 3 is 2.57 bits per heavy atom. The lowest BCUT2D eigenvalue weighted by atomic mass is 10.1. The van der Waals surface area contributed by atoms with Gasteiger partial charge in [-0.25, -0.2) is 4.98 Å². The van der Waals surface area contributed by atoms with Crippen molar-refractivity contribution in [1.29, 1.82) is 0 Å². The molecule has 5 heteroatoms. The Labute approximate surface area is 169 Å². The van der Waals surface area contributed by atoms with Crippen molar-refractivity contribution in [3.8, 4) is 5.75 Å². The van der Waals surface area contributed by atoms with Crippen LogP contribution in [-0.4, -0.2) is 22.7 Å². The molecular weight excluding hydrogens is 370 g/mol. The molecule has 0 amide bonds. The van der Waals surface area contributed by atoms with Gasteiger partial charge in [-0.3, -0.25) is 4.79 Å². The van der Waals surface area contributed by atoms with E-state index >= 15 is 0 Å². The van der Waals surface area contributed by atoms with E-state index in [9.17, 15) is 4.79 Å². The number of aliphatic carboxylic acids is 1. The smallest absolute Gasteiger partial charge is 0.303 e. The van der Waals surface area contributed by atoms with Gasteiger partial charge in [0.25, 0.3) is 0 Å². The third-order valence-electron chi connectivity index (χ3n) is 4.36. The highest BCUT2D eigenvalue weighted by molar-refractivity contribution is 7.19. The van der Waals surface area contributed by atoms with E-state index in [-0.39, 0.29) is 6.42 Å². The highest BCUT2D eigenvalue weighted by Crippen LogP contribution is 2.31. The normalized spacial score (nSPS) is 11.9. The summed E-state index contributed by atoms with van der Waals surface area (Å²) in [6, 6.07) is 15.9. The van der Waals surface area contributed by atoms with Gasteiger partial charge in [0.2, 0.25) is 0 Å². The molecule has 0 atom stereocenters. The van der Waals surface area contributed by atoms with E-state index in [0.717, 1.165) is 38.5 Å². The van der Waals surface area contributed by atoms with Crippen molar-refractivity contribution in [1.82, 2.24) is 4.98 Å². The number of aromatic nitrogens is 1. The minimum absolute atomic E-state index is 0.0815. The average Bonchev–Trinajstić information content (AvgIpc) is 3.10. The van der Waals surface area contributed by atoms with Gasteiger partial charge in [-0.1, -0.05) is 38.1 Å². The highest BCUT2D eigenvalue weighted by atomic mass is 32.1. The summed E-state index contributed by atoms with van der Waals surface area (Å²) in [7, 11) is 0. The summed E-state index contributed by atoms with van der Waals surface area (Å²) in [5.41, 5.74) is 2.89. The molecule has 0 aliphatic heterocycles. The largest absolute Gasteiger partial charge is 0.494 e. The van der Waals surface area contributed by atoms with Gasteiger partial charge in [-0.15, -0.1) is 11.3 Å². The number of hydrogen-bond acceptors (Lipinski definition) is 4. The van der Waals surface area contributed by atoms with Crippen molar-refractivity contribution in [3.05, 3.63) is 59.1 Å². The molecule has 0 aliphatic carbocycles. The predicted octanol–water partition coefficient (Wildman–Crippen LogP) is 6.13. The first-order valence-electron chi connectivity index (χ1n) is 9.52. The van der Waals surface area contributed by atoms with Crippen LogP contribution in [0.3, 0.4) is 0 Å². The van der Waals surface area contributed by atoms with Crippen molar-refractivity contribution in [2.45, 2.75) is 33.1 Å². The predicted molar refractivity (Wildman–Crippen MR) is 116 cm³/mol. The van der Waals surface area contributed by atoms with Crippen LogP contribution in [0.2, 0.25) is 0 Å². The maximum absolute atomic E-state index is 11.1. The Hall–Kier alpha value is -2.66. The molecule has 0 unspecified atom stereocenters. The lowest BCUT2D eigenvalue weighted by molar-refractivity contribution is -0.136. The number of fused-ring (bicyclic) bond motifs is 1. The first kappa shape index (κ1) is 20.1. The van der Waals surface area contributed by atoms with Crippen LogP contribution in [0.25, 0.3) is 21.9 Å². The van der Waals surface area contributed by atoms with Gasteiger partial charge >= 0.3 is 5.97 Å². The summed E-state index contributed by atoms with van der Waals surface area (Å²) >= 11 is 1.60. The maximum atomic E-state index is 11.1. The Morgan fingerprint density at radius 2 is 1.89 bits per heavy atom. The van der Waals surface area contributed by atoms with Gasteiger partial charge in [0.05, 0.1) is 16.8 Å². The lowest BCUT2D eigenvalue weighted by Gasteiger charge is -2.08. The highest BCUT2D eigenvalue weighted by Gasteiger charge is 2.11. The Bertz CT molecular complexity index is 924. The molecule has 0 bridgehead atoms. The fourth-order valence-electron chi connectivity index (χ4n) is 2.77. The summed E-state index contributed by atoms with van der Waals surface area (Å²) in [6.45, 7) is 5.07. The van der Waals surface area contributed by atoms with Gasteiger partial charge in [-0.05, 0) is 60.2 Å². The quantitative estimate of drug-likeness (QED) is 0.474. The zero-order valence-corrected chi connectivity index (χ0v) is 17.0. The summed E-state index contributed by atoms with van der Waals surface area (Å²) < 4.78 is 6.88. The molecule has 3 rings (SSSR count). The molecule has 28 heavy (non-hydrogen) atoms. The Kier molecular flexibility index (Phi) is 6.82. The van der Waals surface area contributed by atoms with E-state index in [1.807, 2.05) is 54.6 Å².